The van der Waals surface area contributed by atoms with Crippen LogP contribution < -0.4 is 5.32 Å². The second-order valence-corrected chi connectivity index (χ2v) is 5.46. The summed E-state index contributed by atoms with van der Waals surface area (Å²) in [6.07, 6.45) is 1.13. The SMILES string of the molecule is CNC(COCCC(C)C)c1cc(C)ccc1C. The van der Waals surface area contributed by atoms with Crippen LogP contribution in [-0.2, 0) is 4.74 Å². The molecule has 0 aliphatic rings. The molecular weight excluding hydrogens is 222 g/mol. The molecule has 0 aliphatic carbocycles. The Labute approximate surface area is 112 Å². The number of ether oxygens (including phenoxy) is 1. The minimum atomic E-state index is 0.289. The molecule has 0 heterocycles. The zero-order valence-corrected chi connectivity index (χ0v) is 12.4. The maximum atomic E-state index is 5.78. The maximum absolute atomic E-state index is 5.78. The van der Waals surface area contributed by atoms with E-state index < -0.39 is 0 Å². The molecule has 1 N–H and O–H groups in total. The lowest BCUT2D eigenvalue weighted by Crippen LogP contribution is -2.23. The standard InChI is InChI=1S/C16H27NO/c1-12(2)8-9-18-11-16(17-5)15-10-13(3)6-7-14(15)4/h6-7,10,12,16-17H,8-9,11H2,1-5H3. The highest BCUT2D eigenvalue weighted by Gasteiger charge is 2.12. The third-order valence-corrected chi connectivity index (χ3v) is 3.28. The molecule has 2 heteroatoms. The predicted molar refractivity (Wildman–Crippen MR) is 78.0 cm³/mol. The van der Waals surface area contributed by atoms with Crippen molar-refractivity contribution in [2.45, 2.75) is 40.2 Å². The summed E-state index contributed by atoms with van der Waals surface area (Å²) in [6.45, 7) is 10.3. The Morgan fingerprint density at radius 3 is 2.56 bits per heavy atom. The fourth-order valence-electron chi connectivity index (χ4n) is 1.98. The molecule has 18 heavy (non-hydrogen) atoms. The molecule has 1 aromatic carbocycles. The predicted octanol–water partition coefficient (Wildman–Crippen LogP) is 3.63. The summed E-state index contributed by atoms with van der Waals surface area (Å²) in [5, 5.41) is 3.35. The molecule has 102 valence electrons. The van der Waals surface area contributed by atoms with Gasteiger partial charge in [0, 0.05) is 6.61 Å². The van der Waals surface area contributed by atoms with Gasteiger partial charge in [-0.3, -0.25) is 0 Å². The summed E-state index contributed by atoms with van der Waals surface area (Å²) < 4.78 is 5.78. The van der Waals surface area contributed by atoms with E-state index in [-0.39, 0.29) is 6.04 Å². The van der Waals surface area contributed by atoms with Crippen molar-refractivity contribution in [1.29, 1.82) is 0 Å². The summed E-state index contributed by atoms with van der Waals surface area (Å²) in [5.74, 6) is 0.707. The van der Waals surface area contributed by atoms with Crippen molar-refractivity contribution in [2.75, 3.05) is 20.3 Å². The quantitative estimate of drug-likeness (QED) is 0.745. The van der Waals surface area contributed by atoms with Gasteiger partial charge in [-0.2, -0.15) is 0 Å². The number of likely N-dealkylation sites (N-methyl/N-ethyl adjacent to an activating group) is 1. The van der Waals surface area contributed by atoms with Crippen LogP contribution in [0.3, 0.4) is 0 Å². The number of aryl methyl sites for hydroxylation is 2. The molecule has 0 saturated heterocycles. The second kappa shape index (κ2) is 7.55. The van der Waals surface area contributed by atoms with Gasteiger partial charge in [0.1, 0.15) is 0 Å². The summed E-state index contributed by atoms with van der Waals surface area (Å²) in [7, 11) is 2.00. The lowest BCUT2D eigenvalue weighted by atomic mass is 9.99. The Hall–Kier alpha value is -0.860. The minimum absolute atomic E-state index is 0.289. The highest BCUT2D eigenvalue weighted by molar-refractivity contribution is 5.33. The van der Waals surface area contributed by atoms with Crippen LogP contribution in [0.15, 0.2) is 18.2 Å². The first-order valence-corrected chi connectivity index (χ1v) is 6.86. The van der Waals surface area contributed by atoms with Crippen LogP contribution in [0, 0.1) is 19.8 Å². The first kappa shape index (κ1) is 15.2. The van der Waals surface area contributed by atoms with Crippen molar-refractivity contribution in [2.24, 2.45) is 5.92 Å². The summed E-state index contributed by atoms with van der Waals surface area (Å²) in [5.41, 5.74) is 3.98. The van der Waals surface area contributed by atoms with Crippen LogP contribution in [0.2, 0.25) is 0 Å². The molecule has 0 fully saturated rings. The van der Waals surface area contributed by atoms with E-state index >= 15 is 0 Å². The molecule has 1 aromatic rings. The summed E-state index contributed by atoms with van der Waals surface area (Å²) in [4.78, 5) is 0. The Bertz CT molecular complexity index is 360. The summed E-state index contributed by atoms with van der Waals surface area (Å²) >= 11 is 0. The number of hydrogen-bond donors (Lipinski definition) is 1. The Kier molecular flexibility index (Phi) is 6.37. The first-order chi connectivity index (χ1) is 8.54. The molecule has 1 atom stereocenters. The van der Waals surface area contributed by atoms with Gasteiger partial charge in [0.25, 0.3) is 0 Å². The van der Waals surface area contributed by atoms with Gasteiger partial charge in [-0.15, -0.1) is 0 Å². The zero-order valence-electron chi connectivity index (χ0n) is 12.4. The summed E-state index contributed by atoms with van der Waals surface area (Å²) in [6, 6.07) is 6.88. The molecular formula is C16H27NO. The van der Waals surface area contributed by atoms with Gasteiger partial charge >= 0.3 is 0 Å². The molecule has 0 aliphatic heterocycles. The van der Waals surface area contributed by atoms with Crippen LogP contribution in [0.5, 0.6) is 0 Å². The second-order valence-electron chi connectivity index (χ2n) is 5.46. The molecule has 0 radical (unpaired) electrons. The van der Waals surface area contributed by atoms with E-state index in [1.165, 1.54) is 16.7 Å². The molecule has 1 unspecified atom stereocenters. The Balaban J connectivity index is 2.57. The molecule has 0 bridgehead atoms. The van der Waals surface area contributed by atoms with Gasteiger partial charge < -0.3 is 10.1 Å². The topological polar surface area (TPSA) is 21.3 Å². The highest BCUT2D eigenvalue weighted by atomic mass is 16.5. The van der Waals surface area contributed by atoms with E-state index in [4.69, 9.17) is 4.74 Å². The molecule has 0 aromatic heterocycles. The van der Waals surface area contributed by atoms with E-state index in [2.05, 4.69) is 51.2 Å². The number of nitrogens with one attached hydrogen (secondary N) is 1. The van der Waals surface area contributed by atoms with Crippen LogP contribution in [0.25, 0.3) is 0 Å². The lowest BCUT2D eigenvalue weighted by Gasteiger charge is -2.20. The van der Waals surface area contributed by atoms with Crippen molar-refractivity contribution in [3.8, 4) is 0 Å². The van der Waals surface area contributed by atoms with Crippen molar-refractivity contribution in [1.82, 2.24) is 5.32 Å². The van der Waals surface area contributed by atoms with E-state index in [0.717, 1.165) is 19.6 Å². The third-order valence-electron chi connectivity index (χ3n) is 3.28. The first-order valence-electron chi connectivity index (χ1n) is 6.86. The molecule has 2 nitrogen and oxygen atoms in total. The average Bonchev–Trinajstić information content (AvgIpc) is 2.33. The van der Waals surface area contributed by atoms with E-state index in [9.17, 15) is 0 Å². The van der Waals surface area contributed by atoms with E-state index in [1.54, 1.807) is 0 Å². The van der Waals surface area contributed by atoms with Gasteiger partial charge in [0.15, 0.2) is 0 Å². The van der Waals surface area contributed by atoms with Crippen molar-refractivity contribution < 1.29 is 4.74 Å². The minimum Gasteiger partial charge on any atom is -0.379 e. The van der Waals surface area contributed by atoms with Crippen molar-refractivity contribution in [3.05, 3.63) is 34.9 Å². The molecule has 0 amide bonds. The van der Waals surface area contributed by atoms with E-state index in [1.807, 2.05) is 7.05 Å². The monoisotopic (exact) mass is 249 g/mol. The fraction of sp³-hybridized carbons (Fsp3) is 0.625. The average molecular weight is 249 g/mol. The maximum Gasteiger partial charge on any atom is 0.0661 e. The van der Waals surface area contributed by atoms with Crippen LogP contribution in [-0.4, -0.2) is 20.3 Å². The smallest absolute Gasteiger partial charge is 0.0661 e. The Morgan fingerprint density at radius 2 is 1.94 bits per heavy atom. The highest BCUT2D eigenvalue weighted by Crippen LogP contribution is 2.19. The largest absolute Gasteiger partial charge is 0.379 e. The lowest BCUT2D eigenvalue weighted by molar-refractivity contribution is 0.104. The molecule has 1 rings (SSSR count). The number of benzene rings is 1. The van der Waals surface area contributed by atoms with Crippen molar-refractivity contribution >= 4 is 0 Å². The van der Waals surface area contributed by atoms with Crippen molar-refractivity contribution in [3.63, 3.8) is 0 Å². The van der Waals surface area contributed by atoms with Gasteiger partial charge in [-0.1, -0.05) is 37.6 Å². The molecule has 0 saturated carbocycles. The van der Waals surface area contributed by atoms with Gasteiger partial charge in [0.2, 0.25) is 0 Å². The van der Waals surface area contributed by atoms with Crippen LogP contribution in [0.1, 0.15) is 43.0 Å². The van der Waals surface area contributed by atoms with Gasteiger partial charge in [-0.25, -0.2) is 0 Å². The fourth-order valence-corrected chi connectivity index (χ4v) is 1.98. The van der Waals surface area contributed by atoms with E-state index in [0.29, 0.717) is 5.92 Å². The number of hydrogen-bond acceptors (Lipinski definition) is 2. The molecule has 0 spiro atoms. The Morgan fingerprint density at radius 1 is 1.22 bits per heavy atom. The van der Waals surface area contributed by atoms with Crippen LogP contribution >= 0.6 is 0 Å². The van der Waals surface area contributed by atoms with Gasteiger partial charge in [0.05, 0.1) is 12.6 Å². The van der Waals surface area contributed by atoms with Gasteiger partial charge in [-0.05, 0) is 44.4 Å². The number of rotatable bonds is 7. The third kappa shape index (κ3) is 4.79. The normalized spacial score (nSPS) is 13.0. The van der Waals surface area contributed by atoms with Crippen LogP contribution in [0.4, 0.5) is 0 Å². The zero-order chi connectivity index (χ0) is 13.5.